The molecule has 45 heavy (non-hydrogen) atoms. The first-order valence-corrected chi connectivity index (χ1v) is 16.2. The Morgan fingerprint density at radius 2 is 1.00 bits per heavy atom. The van der Waals surface area contributed by atoms with E-state index in [9.17, 15) is 0 Å². The summed E-state index contributed by atoms with van der Waals surface area (Å²) in [6, 6.07) is 60.2. The minimum atomic E-state index is 1.15. The highest BCUT2D eigenvalue weighted by Gasteiger charge is 2.14. The minimum Gasteiger partial charge on any atom is -0.133 e. The van der Waals surface area contributed by atoms with Gasteiger partial charge in [-0.2, -0.15) is 0 Å². The maximum Gasteiger partial charge on any atom is 0.0518 e. The fraction of sp³-hybridized carbons (Fsp3) is 0. The molecule has 1 heteroatoms. The summed E-state index contributed by atoms with van der Waals surface area (Å²) in [7, 11) is 0. The predicted octanol–water partition coefficient (Wildman–Crippen LogP) is 12.8. The van der Waals surface area contributed by atoms with E-state index in [2.05, 4.69) is 152 Å². The zero-order valence-electron chi connectivity index (χ0n) is 24.3. The minimum absolute atomic E-state index is 1.15. The fourth-order valence-electron chi connectivity index (χ4n) is 7.20. The van der Waals surface area contributed by atoms with Crippen LogP contribution in [0.5, 0.6) is 0 Å². The maximum absolute atomic E-state index is 3.38. The summed E-state index contributed by atoms with van der Waals surface area (Å²) in [4.78, 5) is 0. The first-order valence-electron chi connectivity index (χ1n) is 15.3. The Labute approximate surface area is 264 Å². The van der Waals surface area contributed by atoms with Crippen LogP contribution in [-0.4, -0.2) is 0 Å². The SMILES string of the molecule is c1ccc2ccc3c4cccc(-c5ccc6ccc7c8cc(-c9ccc%10ccccc%10c9)ccc8ccc7c6c5)c4sc3c2c#1. The maximum atomic E-state index is 3.38. The molecule has 0 saturated heterocycles. The highest BCUT2D eigenvalue weighted by molar-refractivity contribution is 7.27. The van der Waals surface area contributed by atoms with Gasteiger partial charge >= 0.3 is 0 Å². The Morgan fingerprint density at radius 1 is 0.378 bits per heavy atom. The van der Waals surface area contributed by atoms with Gasteiger partial charge in [-0.15, -0.1) is 11.3 Å². The summed E-state index contributed by atoms with van der Waals surface area (Å²) >= 11 is 1.87. The van der Waals surface area contributed by atoms with Gasteiger partial charge < -0.3 is 0 Å². The van der Waals surface area contributed by atoms with Crippen molar-refractivity contribution < 1.29 is 0 Å². The van der Waals surface area contributed by atoms with E-state index in [1.165, 1.54) is 90.9 Å². The average Bonchev–Trinajstić information content (AvgIpc) is 3.50. The van der Waals surface area contributed by atoms with E-state index < -0.39 is 0 Å². The molecule has 0 nitrogen and oxygen atoms in total. The van der Waals surface area contributed by atoms with Crippen LogP contribution >= 0.6 is 11.3 Å². The molecular formula is C44H24S. The van der Waals surface area contributed by atoms with Crippen LogP contribution in [0.2, 0.25) is 0 Å². The van der Waals surface area contributed by atoms with Gasteiger partial charge in [0.25, 0.3) is 0 Å². The molecule has 10 aromatic rings. The van der Waals surface area contributed by atoms with E-state index in [4.69, 9.17) is 0 Å². The van der Waals surface area contributed by atoms with Gasteiger partial charge in [-0.25, -0.2) is 0 Å². The largest absolute Gasteiger partial charge is 0.133 e. The van der Waals surface area contributed by atoms with Crippen molar-refractivity contribution in [1.29, 1.82) is 0 Å². The Bertz CT molecular complexity index is 2820. The summed E-state index contributed by atoms with van der Waals surface area (Å²) in [5.41, 5.74) is 5.01. The van der Waals surface area contributed by atoms with Crippen molar-refractivity contribution in [3.8, 4) is 22.3 Å². The quantitative estimate of drug-likeness (QED) is 0.177. The van der Waals surface area contributed by atoms with E-state index in [0.29, 0.717) is 0 Å². The molecule has 1 aromatic heterocycles. The summed E-state index contributed by atoms with van der Waals surface area (Å²) in [5.74, 6) is 0. The van der Waals surface area contributed by atoms with Crippen molar-refractivity contribution in [1.82, 2.24) is 0 Å². The van der Waals surface area contributed by atoms with Gasteiger partial charge in [0, 0.05) is 20.9 Å². The second kappa shape index (κ2) is 9.41. The number of hydrogen-bond acceptors (Lipinski definition) is 1. The molecule has 1 heterocycles. The summed E-state index contributed by atoms with van der Waals surface area (Å²) in [6.07, 6.45) is 0. The second-order valence-corrected chi connectivity index (χ2v) is 13.0. The monoisotopic (exact) mass is 584 g/mol. The van der Waals surface area contributed by atoms with Crippen LogP contribution in [0, 0.1) is 12.1 Å². The molecule has 206 valence electrons. The Kier molecular flexibility index (Phi) is 5.17. The molecular weight excluding hydrogens is 561 g/mol. The molecule has 0 aliphatic carbocycles. The van der Waals surface area contributed by atoms with Crippen LogP contribution in [0.3, 0.4) is 0 Å². The Morgan fingerprint density at radius 3 is 1.82 bits per heavy atom. The molecule has 0 aliphatic rings. The van der Waals surface area contributed by atoms with Crippen molar-refractivity contribution in [2.75, 3.05) is 0 Å². The van der Waals surface area contributed by atoms with Gasteiger partial charge in [0.15, 0.2) is 0 Å². The van der Waals surface area contributed by atoms with E-state index >= 15 is 0 Å². The lowest BCUT2D eigenvalue weighted by molar-refractivity contribution is 1.68. The Hall–Kier alpha value is -5.68. The molecule has 0 saturated carbocycles. The van der Waals surface area contributed by atoms with Gasteiger partial charge in [0.05, 0.1) is 4.70 Å². The highest BCUT2D eigenvalue weighted by atomic mass is 32.1. The smallest absolute Gasteiger partial charge is 0.0518 e. The van der Waals surface area contributed by atoms with E-state index in [0.717, 1.165) is 5.39 Å². The number of fused-ring (bicyclic) bond motifs is 11. The Balaban J connectivity index is 1.17. The molecule has 10 rings (SSSR count). The predicted molar refractivity (Wildman–Crippen MR) is 195 cm³/mol. The lowest BCUT2D eigenvalue weighted by Gasteiger charge is -2.12. The van der Waals surface area contributed by atoms with Gasteiger partial charge in [0.2, 0.25) is 0 Å². The van der Waals surface area contributed by atoms with Crippen LogP contribution in [-0.2, 0) is 0 Å². The number of thiophene rings is 1. The van der Waals surface area contributed by atoms with Crippen LogP contribution in [0.4, 0.5) is 0 Å². The third kappa shape index (κ3) is 3.74. The zero-order valence-corrected chi connectivity index (χ0v) is 25.1. The van der Waals surface area contributed by atoms with Gasteiger partial charge in [0.1, 0.15) is 0 Å². The number of benzene rings is 8. The fourth-order valence-corrected chi connectivity index (χ4v) is 8.55. The molecule has 0 atom stereocenters. The molecule has 0 unspecified atom stereocenters. The molecule has 0 N–H and O–H groups in total. The van der Waals surface area contributed by atoms with Crippen LogP contribution in [0.1, 0.15) is 0 Å². The van der Waals surface area contributed by atoms with Crippen LogP contribution in [0.15, 0.2) is 146 Å². The normalized spacial score (nSPS) is 11.8. The van der Waals surface area contributed by atoms with Crippen molar-refractivity contribution >= 4 is 85.4 Å². The summed E-state index contributed by atoms with van der Waals surface area (Å²) in [6.45, 7) is 0. The molecule has 0 bridgehead atoms. The van der Waals surface area contributed by atoms with Gasteiger partial charge in [-0.05, 0) is 101 Å². The number of rotatable bonds is 2. The third-order valence-corrected chi connectivity index (χ3v) is 10.7. The molecule has 9 aromatic carbocycles. The molecule has 0 fully saturated rings. The van der Waals surface area contributed by atoms with Crippen molar-refractivity contribution in [3.05, 3.63) is 158 Å². The highest BCUT2D eigenvalue weighted by Crippen LogP contribution is 2.43. The van der Waals surface area contributed by atoms with E-state index in [-0.39, 0.29) is 0 Å². The average molecular weight is 585 g/mol. The van der Waals surface area contributed by atoms with E-state index in [1.807, 2.05) is 17.4 Å². The molecule has 0 amide bonds. The van der Waals surface area contributed by atoms with E-state index in [1.54, 1.807) is 0 Å². The van der Waals surface area contributed by atoms with Crippen LogP contribution < -0.4 is 0 Å². The van der Waals surface area contributed by atoms with Crippen LogP contribution in [0.25, 0.3) is 96.3 Å². The van der Waals surface area contributed by atoms with Crippen molar-refractivity contribution in [2.24, 2.45) is 0 Å². The zero-order chi connectivity index (χ0) is 29.5. The molecule has 0 radical (unpaired) electrons. The first kappa shape index (κ1) is 24.7. The lowest BCUT2D eigenvalue weighted by atomic mass is 9.92. The summed E-state index contributed by atoms with van der Waals surface area (Å²) < 4.78 is 2.61. The first-order chi connectivity index (χ1) is 22.3. The van der Waals surface area contributed by atoms with Gasteiger partial charge in [-0.3, -0.25) is 0 Å². The lowest BCUT2D eigenvalue weighted by Crippen LogP contribution is -1.85. The van der Waals surface area contributed by atoms with Crippen molar-refractivity contribution in [3.63, 3.8) is 0 Å². The van der Waals surface area contributed by atoms with Crippen molar-refractivity contribution in [2.45, 2.75) is 0 Å². The third-order valence-electron chi connectivity index (χ3n) is 9.47. The summed E-state index contributed by atoms with van der Waals surface area (Å²) in [5, 5.41) is 15.2. The number of hydrogen-bond donors (Lipinski definition) is 0. The molecule has 0 aliphatic heterocycles. The standard InChI is InChI=1S/C44H24S/c1-2-8-31-24-32(15-12-27(31)6-1)33-16-13-29-18-22-38-37(41(29)25-33)21-19-30-14-17-34(26-42(30)38)36-10-5-11-39-40-23-20-28-7-3-4-9-35(28)43(40)45-44(36)39/h1-3,5-8,10-26H. The second-order valence-electron chi connectivity index (χ2n) is 12.0. The molecule has 0 spiro atoms. The topological polar surface area (TPSA) is 0 Å². The van der Waals surface area contributed by atoms with Gasteiger partial charge in [-0.1, -0.05) is 127 Å².